The van der Waals surface area contributed by atoms with E-state index in [2.05, 4.69) is 0 Å². The molecule has 2 atom stereocenters. The number of hydrogen-bond donors (Lipinski definition) is 0. The van der Waals surface area contributed by atoms with E-state index in [-0.39, 0.29) is 12.5 Å². The third-order valence-electron chi connectivity index (χ3n) is 3.57. The van der Waals surface area contributed by atoms with Crippen LogP contribution in [-0.2, 0) is 20.7 Å². The van der Waals surface area contributed by atoms with Gasteiger partial charge in [-0.05, 0) is 37.7 Å². The highest BCUT2D eigenvalue weighted by atomic mass is 16.5. The molecule has 0 N–H and O–H groups in total. The van der Waals surface area contributed by atoms with E-state index in [1.807, 2.05) is 37.3 Å². The predicted octanol–water partition coefficient (Wildman–Crippen LogP) is 1.96. The lowest BCUT2D eigenvalue weighted by Crippen LogP contribution is -2.42. The lowest BCUT2D eigenvalue weighted by molar-refractivity contribution is -0.312. The Morgan fingerprint density at radius 3 is 2.33 bits per heavy atom. The molecule has 0 saturated heterocycles. The fourth-order valence-electron chi connectivity index (χ4n) is 2.56. The lowest BCUT2D eigenvalue weighted by Gasteiger charge is -2.26. The smallest absolute Gasteiger partial charge is 0.314 e. The molecule has 1 aromatic rings. The minimum atomic E-state index is -1.33. The molecule has 116 valence electrons. The molecule has 0 heterocycles. The van der Waals surface area contributed by atoms with Gasteiger partial charge in [0.15, 0.2) is 0 Å². The van der Waals surface area contributed by atoms with E-state index in [1.54, 1.807) is 6.92 Å². The highest BCUT2D eigenvalue weighted by Gasteiger charge is 2.30. The van der Waals surface area contributed by atoms with Crippen LogP contribution in [0.1, 0.15) is 38.7 Å². The van der Waals surface area contributed by atoms with Gasteiger partial charge < -0.3 is 14.6 Å². The molecule has 4 heteroatoms. The summed E-state index contributed by atoms with van der Waals surface area (Å²) in [4.78, 5) is 23.2. The number of carboxylic acids is 1. The number of aliphatic carboxylic acids is 1. The molecule has 0 fully saturated rings. The molecule has 0 aromatic heterocycles. The minimum Gasteiger partial charge on any atom is -0.549 e. The number of hydrogen-bond acceptors (Lipinski definition) is 4. The zero-order chi connectivity index (χ0) is 15.7. The molecular weight excluding hydrogens is 268 g/mol. The number of benzene rings is 1. The van der Waals surface area contributed by atoms with Crippen molar-refractivity contribution in [3.05, 3.63) is 35.9 Å². The summed E-state index contributed by atoms with van der Waals surface area (Å²) in [6.45, 7) is 3.83. The average molecular weight is 291 g/mol. The van der Waals surface area contributed by atoms with Crippen molar-refractivity contribution in [2.24, 2.45) is 11.8 Å². The molecule has 21 heavy (non-hydrogen) atoms. The quantitative estimate of drug-likeness (QED) is 0.515. The molecule has 0 radical (unpaired) electrons. The van der Waals surface area contributed by atoms with Crippen molar-refractivity contribution in [3.8, 4) is 0 Å². The molecule has 1 aromatic carbocycles. The van der Waals surface area contributed by atoms with E-state index >= 15 is 0 Å². The van der Waals surface area contributed by atoms with Crippen LogP contribution in [0.4, 0.5) is 0 Å². The minimum absolute atomic E-state index is 0.181. The van der Waals surface area contributed by atoms with Gasteiger partial charge in [-0.3, -0.25) is 4.79 Å². The zero-order valence-corrected chi connectivity index (χ0v) is 12.7. The molecule has 0 spiro atoms. The van der Waals surface area contributed by atoms with Gasteiger partial charge in [0, 0.05) is 0 Å². The Morgan fingerprint density at radius 2 is 1.81 bits per heavy atom. The third-order valence-corrected chi connectivity index (χ3v) is 3.57. The summed E-state index contributed by atoms with van der Waals surface area (Å²) in [5, 5.41) is 11.3. The molecule has 0 amide bonds. The van der Waals surface area contributed by atoms with Crippen LogP contribution >= 0.6 is 0 Å². The SMILES string of the molecule is CCCC(CCc1ccccc1)C(C(=O)[O-])C(=O)OCC. The van der Waals surface area contributed by atoms with Crippen LogP contribution in [0.15, 0.2) is 30.3 Å². The lowest BCUT2D eigenvalue weighted by atomic mass is 9.84. The molecule has 2 unspecified atom stereocenters. The molecule has 0 aliphatic rings. The van der Waals surface area contributed by atoms with Crippen LogP contribution in [0.3, 0.4) is 0 Å². The van der Waals surface area contributed by atoms with Crippen molar-refractivity contribution >= 4 is 11.9 Å². The van der Waals surface area contributed by atoms with Crippen LogP contribution < -0.4 is 5.11 Å². The number of esters is 1. The van der Waals surface area contributed by atoms with Crippen molar-refractivity contribution in [1.82, 2.24) is 0 Å². The third kappa shape index (κ3) is 5.58. The summed E-state index contributed by atoms with van der Waals surface area (Å²) in [5.74, 6) is -3.43. The van der Waals surface area contributed by atoms with E-state index < -0.39 is 17.9 Å². The maximum absolute atomic E-state index is 11.9. The van der Waals surface area contributed by atoms with Gasteiger partial charge in [0.2, 0.25) is 0 Å². The highest BCUT2D eigenvalue weighted by molar-refractivity contribution is 5.93. The normalized spacial score (nSPS) is 13.4. The van der Waals surface area contributed by atoms with Crippen LogP contribution in [0.25, 0.3) is 0 Å². The number of rotatable bonds is 9. The Morgan fingerprint density at radius 1 is 1.14 bits per heavy atom. The zero-order valence-electron chi connectivity index (χ0n) is 12.7. The standard InChI is InChI=1S/C17H24O4/c1-3-8-14(12-11-13-9-6-5-7-10-13)15(16(18)19)17(20)21-4-2/h5-7,9-10,14-15H,3-4,8,11-12H2,1-2H3,(H,18,19)/p-1. The largest absolute Gasteiger partial charge is 0.549 e. The summed E-state index contributed by atoms with van der Waals surface area (Å²) in [5.41, 5.74) is 1.14. The van der Waals surface area contributed by atoms with Gasteiger partial charge in [0.1, 0.15) is 0 Å². The second-order valence-electron chi connectivity index (χ2n) is 5.12. The summed E-state index contributed by atoms with van der Waals surface area (Å²) < 4.78 is 4.88. The summed E-state index contributed by atoms with van der Waals surface area (Å²) in [7, 11) is 0. The average Bonchev–Trinajstić information content (AvgIpc) is 2.46. The van der Waals surface area contributed by atoms with Crippen molar-refractivity contribution in [2.45, 2.75) is 39.5 Å². The Labute approximate surface area is 126 Å². The molecule has 4 nitrogen and oxygen atoms in total. The Balaban J connectivity index is 2.76. The summed E-state index contributed by atoms with van der Waals surface area (Å²) in [6.07, 6.45) is 2.87. The van der Waals surface area contributed by atoms with Crippen LogP contribution in [-0.4, -0.2) is 18.5 Å². The monoisotopic (exact) mass is 291 g/mol. The van der Waals surface area contributed by atoms with Crippen molar-refractivity contribution < 1.29 is 19.4 Å². The number of carbonyl (C=O) groups is 2. The maximum atomic E-state index is 11.9. The number of carboxylic acid groups (broad SMARTS) is 1. The van der Waals surface area contributed by atoms with Gasteiger partial charge in [-0.25, -0.2) is 0 Å². The van der Waals surface area contributed by atoms with E-state index in [9.17, 15) is 14.7 Å². The van der Waals surface area contributed by atoms with Gasteiger partial charge in [-0.15, -0.1) is 0 Å². The highest BCUT2D eigenvalue weighted by Crippen LogP contribution is 2.25. The first-order valence-electron chi connectivity index (χ1n) is 7.51. The van der Waals surface area contributed by atoms with E-state index in [4.69, 9.17) is 4.74 Å². The number of aryl methyl sites for hydroxylation is 1. The second kappa shape index (κ2) is 9.16. The first-order chi connectivity index (χ1) is 10.1. The van der Waals surface area contributed by atoms with E-state index in [1.165, 1.54) is 0 Å². The maximum Gasteiger partial charge on any atom is 0.314 e. The topological polar surface area (TPSA) is 66.4 Å². The Kier molecular flexibility index (Phi) is 7.51. The van der Waals surface area contributed by atoms with Gasteiger partial charge in [0.25, 0.3) is 0 Å². The number of ether oxygens (including phenoxy) is 1. The van der Waals surface area contributed by atoms with Gasteiger partial charge >= 0.3 is 5.97 Å². The molecular formula is C17H23O4-. The first-order valence-corrected chi connectivity index (χ1v) is 7.51. The van der Waals surface area contributed by atoms with E-state index in [0.29, 0.717) is 12.8 Å². The first kappa shape index (κ1) is 17.2. The molecule has 1 rings (SSSR count). The summed E-state index contributed by atoms with van der Waals surface area (Å²) >= 11 is 0. The van der Waals surface area contributed by atoms with Crippen molar-refractivity contribution in [2.75, 3.05) is 6.61 Å². The van der Waals surface area contributed by atoms with Crippen LogP contribution in [0.2, 0.25) is 0 Å². The Bertz CT molecular complexity index is 441. The molecule has 0 aliphatic heterocycles. The predicted molar refractivity (Wildman–Crippen MR) is 78.3 cm³/mol. The fourth-order valence-corrected chi connectivity index (χ4v) is 2.56. The fraction of sp³-hybridized carbons (Fsp3) is 0.529. The van der Waals surface area contributed by atoms with Gasteiger partial charge in [0.05, 0.1) is 18.5 Å². The van der Waals surface area contributed by atoms with Crippen LogP contribution in [0.5, 0.6) is 0 Å². The number of carbonyl (C=O) groups excluding carboxylic acids is 2. The second-order valence-corrected chi connectivity index (χ2v) is 5.12. The molecule has 0 saturated carbocycles. The van der Waals surface area contributed by atoms with E-state index in [0.717, 1.165) is 18.4 Å². The van der Waals surface area contributed by atoms with Crippen LogP contribution in [0, 0.1) is 11.8 Å². The molecule has 0 aliphatic carbocycles. The van der Waals surface area contributed by atoms with Crippen molar-refractivity contribution in [3.63, 3.8) is 0 Å². The van der Waals surface area contributed by atoms with Gasteiger partial charge in [-0.1, -0.05) is 43.7 Å². The molecule has 0 bridgehead atoms. The Hall–Kier alpha value is -1.84. The van der Waals surface area contributed by atoms with Crippen molar-refractivity contribution in [1.29, 1.82) is 0 Å². The summed E-state index contributed by atoms with van der Waals surface area (Å²) in [6, 6.07) is 9.84. The van der Waals surface area contributed by atoms with Gasteiger partial charge in [-0.2, -0.15) is 0 Å².